The van der Waals surface area contributed by atoms with Crippen LogP contribution in [0, 0.1) is 0 Å². The molecule has 0 saturated carbocycles. The fraction of sp³-hybridized carbons (Fsp3) is 0.167. The van der Waals surface area contributed by atoms with Gasteiger partial charge < -0.3 is 16.2 Å². The van der Waals surface area contributed by atoms with E-state index < -0.39 is 17.6 Å². The van der Waals surface area contributed by atoms with Crippen molar-refractivity contribution in [3.63, 3.8) is 0 Å². The van der Waals surface area contributed by atoms with Crippen molar-refractivity contribution in [2.75, 3.05) is 5.73 Å². The maximum Gasteiger partial charge on any atom is 0.439 e. The molecule has 4 aromatic rings. The second-order valence-corrected chi connectivity index (χ2v) is 6.94. The van der Waals surface area contributed by atoms with Gasteiger partial charge >= 0.3 is 11.7 Å². The fourth-order valence-electron chi connectivity index (χ4n) is 3.65. The summed E-state index contributed by atoms with van der Waals surface area (Å²) in [5, 5.41) is 19.7. The molecule has 5 N–H and O–H groups in total. The molecule has 1 amide bonds. The highest BCUT2D eigenvalue weighted by Gasteiger charge is 2.27. The zero-order chi connectivity index (χ0) is 21.7. The summed E-state index contributed by atoms with van der Waals surface area (Å²) in [4.78, 5) is 45.9. The number of hydrogen-bond donors (Lipinski definition) is 4. The lowest BCUT2D eigenvalue weighted by atomic mass is 10.0. The van der Waals surface area contributed by atoms with Crippen LogP contribution in [0.25, 0.3) is 17.2 Å². The summed E-state index contributed by atoms with van der Waals surface area (Å²) in [5.41, 5.74) is 7.73. The van der Waals surface area contributed by atoms with E-state index in [1.165, 1.54) is 0 Å². The average molecular weight is 422 g/mol. The second kappa shape index (κ2) is 6.76. The number of amides is 1. The van der Waals surface area contributed by atoms with Crippen LogP contribution in [0.1, 0.15) is 44.6 Å². The molecule has 0 spiro atoms. The number of nitrogens with two attached hydrogens (primary N) is 1. The van der Waals surface area contributed by atoms with Gasteiger partial charge in [-0.25, -0.2) is 14.6 Å². The number of carbonyl (C=O) groups is 2. The Morgan fingerprint density at radius 2 is 2.13 bits per heavy atom. The molecular weight excluding hydrogens is 408 g/mol. The van der Waals surface area contributed by atoms with Crippen LogP contribution in [-0.4, -0.2) is 46.7 Å². The van der Waals surface area contributed by atoms with Gasteiger partial charge in [0.15, 0.2) is 11.5 Å². The van der Waals surface area contributed by atoms with Crippen molar-refractivity contribution in [2.24, 2.45) is 0 Å². The monoisotopic (exact) mass is 422 g/mol. The minimum absolute atomic E-state index is 0.0828. The number of fused-ring (bicyclic) bond motifs is 2. The number of hydrogen-bond acceptors (Lipinski definition) is 9. The highest BCUT2D eigenvalue weighted by Crippen LogP contribution is 2.33. The molecule has 1 atom stereocenters. The first-order valence-electron chi connectivity index (χ1n) is 9.15. The van der Waals surface area contributed by atoms with Crippen molar-refractivity contribution in [1.82, 2.24) is 35.0 Å². The smallest absolute Gasteiger partial charge is 0.439 e. The van der Waals surface area contributed by atoms with Crippen molar-refractivity contribution in [3.05, 3.63) is 57.3 Å². The topological polar surface area (TPSA) is 194 Å². The molecule has 13 heteroatoms. The molecule has 3 heterocycles. The lowest BCUT2D eigenvalue weighted by molar-refractivity contribution is 0.0687. The lowest BCUT2D eigenvalue weighted by Crippen LogP contribution is -2.28. The van der Waals surface area contributed by atoms with Gasteiger partial charge in [0.2, 0.25) is 5.95 Å². The first-order valence-corrected chi connectivity index (χ1v) is 9.15. The molecule has 0 unspecified atom stereocenters. The minimum atomic E-state index is -1.30. The number of nitrogens with zero attached hydrogens (tertiary/aromatic N) is 5. The molecule has 0 bridgehead atoms. The van der Waals surface area contributed by atoms with Gasteiger partial charge in [-0.05, 0) is 30.0 Å². The van der Waals surface area contributed by atoms with E-state index in [-0.39, 0.29) is 29.2 Å². The molecule has 156 valence electrons. The summed E-state index contributed by atoms with van der Waals surface area (Å²) in [5.74, 6) is -2.39. The van der Waals surface area contributed by atoms with Crippen molar-refractivity contribution in [3.8, 4) is 11.4 Å². The van der Waals surface area contributed by atoms with Gasteiger partial charge in [0, 0.05) is 11.6 Å². The van der Waals surface area contributed by atoms with E-state index >= 15 is 0 Å². The number of benzene rings is 1. The Bertz CT molecular complexity index is 1420. The molecule has 13 nitrogen and oxygen atoms in total. The third kappa shape index (κ3) is 3.17. The summed E-state index contributed by atoms with van der Waals surface area (Å²) in [6, 6.07) is 6.32. The summed E-state index contributed by atoms with van der Waals surface area (Å²) in [6.07, 6.45) is 1.34. The van der Waals surface area contributed by atoms with Crippen molar-refractivity contribution >= 4 is 23.6 Å². The molecule has 0 fully saturated rings. The summed E-state index contributed by atoms with van der Waals surface area (Å²) >= 11 is 0. The number of aryl methyl sites for hydroxylation is 1. The Balaban J connectivity index is 1.42. The fourth-order valence-corrected chi connectivity index (χ4v) is 3.65. The van der Waals surface area contributed by atoms with Gasteiger partial charge in [0.05, 0.1) is 6.04 Å². The Morgan fingerprint density at radius 3 is 2.87 bits per heavy atom. The van der Waals surface area contributed by atoms with Crippen LogP contribution in [0.2, 0.25) is 0 Å². The van der Waals surface area contributed by atoms with Crippen LogP contribution in [0.3, 0.4) is 0 Å². The van der Waals surface area contributed by atoms with Crippen LogP contribution in [0.15, 0.2) is 33.6 Å². The third-order valence-corrected chi connectivity index (χ3v) is 5.02. The maximum atomic E-state index is 12.8. The van der Waals surface area contributed by atoms with Crippen molar-refractivity contribution < 1.29 is 19.2 Å². The summed E-state index contributed by atoms with van der Waals surface area (Å²) in [6.45, 7) is 0. The van der Waals surface area contributed by atoms with E-state index in [0.29, 0.717) is 24.2 Å². The van der Waals surface area contributed by atoms with Crippen molar-refractivity contribution in [1.29, 1.82) is 0 Å². The Morgan fingerprint density at radius 1 is 1.29 bits per heavy atom. The predicted octanol–water partition coefficient (Wildman–Crippen LogP) is 0.165. The number of aromatic carboxylic acids is 1. The molecule has 0 radical (unpaired) electrons. The van der Waals surface area contributed by atoms with Gasteiger partial charge in [0.1, 0.15) is 5.69 Å². The number of nitrogen functional groups attached to an aromatic ring is 1. The highest BCUT2D eigenvalue weighted by atomic mass is 16.5. The van der Waals surface area contributed by atoms with Crippen LogP contribution < -0.4 is 16.8 Å². The molecule has 0 aliphatic heterocycles. The lowest BCUT2D eigenvalue weighted by Gasteiger charge is -2.14. The van der Waals surface area contributed by atoms with Crippen molar-refractivity contribution in [2.45, 2.75) is 18.9 Å². The Hall–Kier alpha value is -4.55. The number of anilines is 1. The standard InChI is InChI=1S/C18H14N8O5/c19-16-23-17-21-11(6-12(15(28)29)26(17)24-16)14(27)20-10-4-2-7-5-8(1-3-9(7)10)13-22-18(30)31-25-13/h1,3,5-6,10H,2,4H2,(H2,19,24)(H,20,27)(H,28,29)(H,22,25,30)/t10-/m0/s1. The van der Waals surface area contributed by atoms with Gasteiger partial charge in [-0.3, -0.25) is 14.3 Å². The van der Waals surface area contributed by atoms with Gasteiger partial charge in [-0.2, -0.15) is 9.50 Å². The van der Waals surface area contributed by atoms with E-state index in [4.69, 9.17) is 5.73 Å². The predicted molar refractivity (Wildman–Crippen MR) is 103 cm³/mol. The molecule has 31 heavy (non-hydrogen) atoms. The molecule has 5 rings (SSSR count). The number of aromatic amines is 1. The molecule has 1 aromatic carbocycles. The van der Waals surface area contributed by atoms with Gasteiger partial charge in [-0.1, -0.05) is 17.3 Å². The van der Waals surface area contributed by atoms with Crippen LogP contribution >= 0.6 is 0 Å². The van der Waals surface area contributed by atoms with Crippen LogP contribution in [0.5, 0.6) is 0 Å². The number of carboxylic acids is 1. The first kappa shape index (κ1) is 18.5. The van der Waals surface area contributed by atoms with Crippen LogP contribution in [-0.2, 0) is 6.42 Å². The van der Waals surface area contributed by atoms with E-state index in [1.54, 1.807) is 6.07 Å². The Labute approximate surface area is 171 Å². The van der Waals surface area contributed by atoms with E-state index in [2.05, 4.69) is 35.0 Å². The van der Waals surface area contributed by atoms with Gasteiger partial charge in [0.25, 0.3) is 11.7 Å². The number of rotatable bonds is 4. The zero-order valence-corrected chi connectivity index (χ0v) is 15.7. The zero-order valence-electron chi connectivity index (χ0n) is 15.7. The minimum Gasteiger partial charge on any atom is -0.477 e. The molecule has 1 aliphatic rings. The quantitative estimate of drug-likeness (QED) is 0.352. The largest absolute Gasteiger partial charge is 0.477 e. The second-order valence-electron chi connectivity index (χ2n) is 6.94. The number of carbonyl (C=O) groups excluding carboxylic acids is 1. The summed E-state index contributed by atoms with van der Waals surface area (Å²) in [7, 11) is 0. The van der Waals surface area contributed by atoms with Gasteiger partial charge in [-0.15, -0.1) is 5.10 Å². The molecule has 1 aliphatic carbocycles. The highest BCUT2D eigenvalue weighted by molar-refractivity contribution is 5.96. The normalized spacial score (nSPS) is 15.2. The first-order chi connectivity index (χ1) is 14.9. The maximum absolute atomic E-state index is 12.8. The molecule has 0 saturated heterocycles. The number of carboxylic acid groups (broad SMARTS) is 1. The van der Waals surface area contributed by atoms with E-state index in [9.17, 15) is 19.5 Å². The summed E-state index contributed by atoms with van der Waals surface area (Å²) < 4.78 is 5.50. The SMILES string of the molecule is Nc1nc2nc(C(=O)N[C@H]3CCc4cc(-c5noc(=O)[nH]5)ccc43)cc(C(=O)O)n2n1. The van der Waals surface area contributed by atoms with E-state index in [0.717, 1.165) is 21.7 Å². The Kier molecular flexibility index (Phi) is 4.03. The third-order valence-electron chi connectivity index (χ3n) is 5.02. The van der Waals surface area contributed by atoms with Crippen LogP contribution in [0.4, 0.5) is 5.95 Å². The van der Waals surface area contributed by atoms with E-state index in [1.807, 2.05) is 12.1 Å². The number of H-pyrrole nitrogens is 1. The number of aromatic nitrogens is 6. The molecule has 3 aromatic heterocycles. The number of nitrogens with one attached hydrogen (secondary N) is 2. The average Bonchev–Trinajstić information content (AvgIpc) is 3.44. The molecular formula is C18H14N8O5.